The maximum Gasteiger partial charge on any atom is 0.323 e. The van der Waals surface area contributed by atoms with E-state index in [9.17, 15) is 4.79 Å². The second-order valence-corrected chi connectivity index (χ2v) is 7.60. The van der Waals surface area contributed by atoms with E-state index in [2.05, 4.69) is 36.1 Å². The predicted octanol–water partition coefficient (Wildman–Crippen LogP) is 3.14. The van der Waals surface area contributed by atoms with Gasteiger partial charge >= 0.3 is 6.03 Å². The molecule has 2 heterocycles. The van der Waals surface area contributed by atoms with E-state index in [1.165, 1.54) is 5.56 Å². The Morgan fingerprint density at radius 2 is 2.35 bits per heavy atom. The maximum atomic E-state index is 12.5. The van der Waals surface area contributed by atoms with Crippen LogP contribution in [0.15, 0.2) is 18.3 Å². The zero-order chi connectivity index (χ0) is 16.8. The summed E-state index contributed by atoms with van der Waals surface area (Å²) in [5.74, 6) is 3.14. The maximum absolute atomic E-state index is 12.5. The van der Waals surface area contributed by atoms with Crippen molar-refractivity contribution in [3.63, 3.8) is 0 Å². The molecule has 0 bridgehead atoms. The number of hydrogen-bond donors (Lipinski definition) is 1. The summed E-state index contributed by atoms with van der Waals surface area (Å²) in [4.78, 5) is 21.0. The van der Waals surface area contributed by atoms with Gasteiger partial charge in [0.15, 0.2) is 0 Å². The average Bonchev–Trinajstić information content (AvgIpc) is 2.52. The number of urea groups is 1. The number of nitrogens with one attached hydrogen (secondary N) is 1. The Balaban J connectivity index is 1.95. The summed E-state index contributed by atoms with van der Waals surface area (Å²) < 4.78 is 0. The smallest absolute Gasteiger partial charge is 0.323 e. The first-order valence-electron chi connectivity index (χ1n) is 8.26. The Bertz CT molecular complexity index is 525. The van der Waals surface area contributed by atoms with Crippen LogP contribution in [0, 0.1) is 5.92 Å². The molecule has 1 fully saturated rings. The number of piperidine rings is 1. The number of rotatable bonds is 5. The predicted molar refractivity (Wildman–Crippen MR) is 97.9 cm³/mol. The molecular weight excluding hydrogens is 308 g/mol. The van der Waals surface area contributed by atoms with Crippen LogP contribution in [0.5, 0.6) is 0 Å². The van der Waals surface area contributed by atoms with E-state index in [0.29, 0.717) is 11.7 Å². The number of carbonyl (C=O) groups is 1. The lowest BCUT2D eigenvalue weighted by atomic mass is 9.93. The third kappa shape index (κ3) is 5.11. The average molecular weight is 337 g/mol. The van der Waals surface area contributed by atoms with E-state index in [0.717, 1.165) is 31.0 Å². The molecule has 1 saturated heterocycles. The van der Waals surface area contributed by atoms with Crippen molar-refractivity contribution >= 4 is 23.6 Å². The van der Waals surface area contributed by atoms with Crippen LogP contribution in [0.1, 0.15) is 25.8 Å². The number of anilines is 1. The van der Waals surface area contributed by atoms with Crippen molar-refractivity contribution < 1.29 is 4.79 Å². The standard InChI is InChI=1S/C17H28N4OS/c1-5-23-12-14-6-8-18-16(10-14)19-17(22)21(4)15-7-9-20(3)11-13(15)2/h6,8,10,13,15H,5,7,9,11-12H2,1-4H3,(H,18,19,22)/t13-,15-/m1/s1. The fourth-order valence-corrected chi connectivity index (χ4v) is 3.74. The second kappa shape index (κ2) is 8.55. The summed E-state index contributed by atoms with van der Waals surface area (Å²) in [5.41, 5.74) is 1.19. The highest BCUT2D eigenvalue weighted by atomic mass is 32.2. The molecular formula is C17H28N4OS. The Morgan fingerprint density at radius 3 is 3.04 bits per heavy atom. The van der Waals surface area contributed by atoms with Gasteiger partial charge in [0.2, 0.25) is 0 Å². The molecule has 0 aliphatic carbocycles. The van der Waals surface area contributed by atoms with Crippen molar-refractivity contribution in [2.24, 2.45) is 5.92 Å². The zero-order valence-electron chi connectivity index (χ0n) is 14.6. The number of aromatic nitrogens is 1. The van der Waals surface area contributed by atoms with E-state index in [-0.39, 0.29) is 12.1 Å². The minimum Gasteiger partial charge on any atom is -0.324 e. The van der Waals surface area contributed by atoms with Gasteiger partial charge in [-0.1, -0.05) is 13.8 Å². The summed E-state index contributed by atoms with van der Waals surface area (Å²) in [7, 11) is 4.02. The van der Waals surface area contributed by atoms with Gasteiger partial charge in [-0.15, -0.1) is 0 Å². The highest BCUT2D eigenvalue weighted by Gasteiger charge is 2.30. The first-order valence-corrected chi connectivity index (χ1v) is 9.41. The molecule has 0 spiro atoms. The van der Waals surface area contributed by atoms with Crippen LogP contribution in [0.25, 0.3) is 0 Å². The lowest BCUT2D eigenvalue weighted by Gasteiger charge is -2.39. The molecule has 0 saturated carbocycles. The van der Waals surface area contributed by atoms with E-state index in [4.69, 9.17) is 0 Å². The number of carbonyl (C=O) groups excluding carboxylic acids is 1. The molecule has 1 aliphatic heterocycles. The molecule has 6 heteroatoms. The molecule has 1 N–H and O–H groups in total. The largest absolute Gasteiger partial charge is 0.324 e. The molecule has 0 radical (unpaired) electrons. The van der Waals surface area contributed by atoms with Crippen molar-refractivity contribution in [2.45, 2.75) is 32.1 Å². The minimum absolute atomic E-state index is 0.0702. The van der Waals surface area contributed by atoms with Gasteiger partial charge in [0.25, 0.3) is 0 Å². The van der Waals surface area contributed by atoms with Gasteiger partial charge in [-0.3, -0.25) is 5.32 Å². The van der Waals surface area contributed by atoms with Gasteiger partial charge in [0.1, 0.15) is 5.82 Å². The van der Waals surface area contributed by atoms with Gasteiger partial charge in [-0.2, -0.15) is 11.8 Å². The molecule has 23 heavy (non-hydrogen) atoms. The fraction of sp³-hybridized carbons (Fsp3) is 0.647. The molecule has 5 nitrogen and oxygen atoms in total. The van der Waals surface area contributed by atoms with Gasteiger partial charge in [0, 0.05) is 31.6 Å². The number of likely N-dealkylation sites (tertiary alicyclic amines) is 1. The third-order valence-electron chi connectivity index (χ3n) is 4.41. The highest BCUT2D eigenvalue weighted by molar-refractivity contribution is 7.98. The topological polar surface area (TPSA) is 48.5 Å². The summed E-state index contributed by atoms with van der Waals surface area (Å²) in [6.07, 6.45) is 2.78. The fourth-order valence-electron chi connectivity index (χ4n) is 3.12. The lowest BCUT2D eigenvalue weighted by Crippen LogP contribution is -2.50. The Labute approximate surface area is 143 Å². The molecule has 0 aromatic carbocycles. The van der Waals surface area contributed by atoms with E-state index < -0.39 is 0 Å². The first kappa shape index (κ1) is 18.1. The Kier molecular flexibility index (Phi) is 6.72. The summed E-state index contributed by atoms with van der Waals surface area (Å²) in [6, 6.07) is 4.18. The van der Waals surface area contributed by atoms with Crippen LogP contribution in [-0.4, -0.2) is 59.8 Å². The van der Waals surface area contributed by atoms with E-state index in [1.54, 1.807) is 6.20 Å². The van der Waals surface area contributed by atoms with Gasteiger partial charge < -0.3 is 9.80 Å². The third-order valence-corrected chi connectivity index (χ3v) is 5.36. The summed E-state index contributed by atoms with van der Waals surface area (Å²) in [6.45, 7) is 6.43. The monoisotopic (exact) mass is 336 g/mol. The van der Waals surface area contributed by atoms with Crippen LogP contribution < -0.4 is 5.32 Å². The Morgan fingerprint density at radius 1 is 1.57 bits per heavy atom. The SMILES string of the molecule is CCSCc1ccnc(NC(=O)N(C)[C@@H]2CCN(C)C[C@H]2C)c1. The van der Waals surface area contributed by atoms with Crippen LogP contribution in [-0.2, 0) is 5.75 Å². The van der Waals surface area contributed by atoms with Crippen LogP contribution >= 0.6 is 11.8 Å². The number of nitrogens with zero attached hydrogens (tertiary/aromatic N) is 3. The summed E-state index contributed by atoms with van der Waals surface area (Å²) >= 11 is 1.86. The molecule has 128 valence electrons. The number of amides is 2. The van der Waals surface area contributed by atoms with Crippen LogP contribution in [0.2, 0.25) is 0 Å². The van der Waals surface area contributed by atoms with Crippen molar-refractivity contribution in [1.82, 2.24) is 14.8 Å². The van der Waals surface area contributed by atoms with E-state index >= 15 is 0 Å². The number of pyridine rings is 1. The number of thioether (sulfide) groups is 1. The van der Waals surface area contributed by atoms with E-state index in [1.807, 2.05) is 35.8 Å². The highest BCUT2D eigenvalue weighted by Crippen LogP contribution is 2.21. The van der Waals surface area contributed by atoms with Crippen LogP contribution in [0.3, 0.4) is 0 Å². The summed E-state index contributed by atoms with van der Waals surface area (Å²) in [5, 5.41) is 2.94. The zero-order valence-corrected chi connectivity index (χ0v) is 15.4. The lowest BCUT2D eigenvalue weighted by molar-refractivity contribution is 0.113. The van der Waals surface area contributed by atoms with Crippen molar-refractivity contribution in [3.05, 3.63) is 23.9 Å². The van der Waals surface area contributed by atoms with Gasteiger partial charge in [-0.05, 0) is 49.4 Å². The quantitative estimate of drug-likeness (QED) is 0.897. The van der Waals surface area contributed by atoms with Crippen molar-refractivity contribution in [1.29, 1.82) is 0 Å². The second-order valence-electron chi connectivity index (χ2n) is 6.32. The molecule has 1 aliphatic rings. The molecule has 1 aromatic heterocycles. The number of hydrogen-bond acceptors (Lipinski definition) is 4. The van der Waals surface area contributed by atoms with Crippen molar-refractivity contribution in [2.75, 3.05) is 38.3 Å². The van der Waals surface area contributed by atoms with Gasteiger partial charge in [0.05, 0.1) is 0 Å². The molecule has 0 unspecified atom stereocenters. The van der Waals surface area contributed by atoms with Gasteiger partial charge in [-0.25, -0.2) is 9.78 Å². The Hall–Kier alpha value is -1.27. The normalized spacial score (nSPS) is 21.9. The minimum atomic E-state index is -0.0702. The van der Waals surface area contributed by atoms with Crippen molar-refractivity contribution in [3.8, 4) is 0 Å². The molecule has 1 aromatic rings. The molecule has 2 amide bonds. The molecule has 2 atom stereocenters. The first-order chi connectivity index (χ1) is 11.0. The molecule has 2 rings (SSSR count). The van der Waals surface area contributed by atoms with Crippen LogP contribution in [0.4, 0.5) is 10.6 Å².